The Morgan fingerprint density at radius 2 is 1.93 bits per heavy atom. The second-order valence-electron chi connectivity index (χ2n) is 7.24. The Morgan fingerprint density at radius 1 is 1.18 bits per heavy atom. The number of nitrogens with zero attached hydrogens (tertiary/aromatic N) is 3. The van der Waals surface area contributed by atoms with Crippen molar-refractivity contribution in [2.45, 2.75) is 39.0 Å². The van der Waals surface area contributed by atoms with Crippen LogP contribution in [0.15, 0.2) is 24.3 Å². The monoisotopic (exact) mass is 397 g/mol. The molecule has 1 aromatic carbocycles. The average molecular weight is 397 g/mol. The predicted octanol–water partition coefficient (Wildman–Crippen LogP) is 3.03. The number of para-hydroxylation sites is 1. The first kappa shape index (κ1) is 20.8. The lowest BCUT2D eigenvalue weighted by Gasteiger charge is -2.43. The van der Waals surface area contributed by atoms with Crippen LogP contribution in [-0.4, -0.2) is 79.3 Å². The van der Waals surface area contributed by atoms with E-state index in [-0.39, 0.29) is 11.8 Å². The number of likely N-dealkylation sites (tertiary alicyclic amines) is 1. The van der Waals surface area contributed by atoms with Gasteiger partial charge in [0.2, 0.25) is 0 Å². The Morgan fingerprint density at radius 3 is 2.64 bits per heavy atom. The summed E-state index contributed by atoms with van der Waals surface area (Å²) in [5.74, 6) is 0.252. The average Bonchev–Trinajstić information content (AvgIpc) is 2.70. The van der Waals surface area contributed by atoms with Crippen LogP contribution in [0.4, 0.5) is 13.6 Å². The molecule has 0 N–H and O–H groups in total. The fraction of sp³-hybridized carbons (Fsp3) is 0.650. The van der Waals surface area contributed by atoms with Gasteiger partial charge in [-0.05, 0) is 32.4 Å². The van der Waals surface area contributed by atoms with Crippen LogP contribution < -0.4 is 4.74 Å². The Balaban J connectivity index is 1.53. The fourth-order valence-electron chi connectivity index (χ4n) is 4.04. The molecule has 0 radical (unpaired) electrons. The third kappa shape index (κ3) is 5.54. The largest absolute Gasteiger partial charge is 0.450 e. The second kappa shape index (κ2) is 10.0. The fourth-order valence-corrected chi connectivity index (χ4v) is 4.04. The number of hydrogen-bond acceptors (Lipinski definition) is 5. The standard InChI is InChI=1S/C20H29F2N3O3/c1-2-27-20(26)25-12-10-24(11-13-25)17-7-5-9-23(15-17)14-16-6-3-4-8-18(16)28-19(21)22/h3-4,6,8,17,19H,2,5,7,9-15H2,1H3/t17-/m1/s1. The molecular weight excluding hydrogens is 368 g/mol. The third-order valence-electron chi connectivity index (χ3n) is 5.42. The number of halogens is 2. The number of carbonyl (C=O) groups is 1. The van der Waals surface area contributed by atoms with E-state index in [0.29, 0.717) is 32.3 Å². The lowest BCUT2D eigenvalue weighted by Crippen LogP contribution is -2.55. The van der Waals surface area contributed by atoms with Crippen molar-refractivity contribution in [3.63, 3.8) is 0 Å². The van der Waals surface area contributed by atoms with E-state index in [2.05, 4.69) is 14.5 Å². The molecule has 6 nitrogen and oxygen atoms in total. The minimum absolute atomic E-state index is 0.233. The van der Waals surface area contributed by atoms with Crippen LogP contribution in [0.25, 0.3) is 0 Å². The van der Waals surface area contributed by atoms with Gasteiger partial charge in [0.15, 0.2) is 0 Å². The van der Waals surface area contributed by atoms with E-state index in [0.717, 1.165) is 44.6 Å². The van der Waals surface area contributed by atoms with Crippen molar-refractivity contribution in [1.82, 2.24) is 14.7 Å². The second-order valence-corrected chi connectivity index (χ2v) is 7.24. The Bertz CT molecular complexity index is 639. The number of piperidine rings is 1. The molecule has 2 aliphatic heterocycles. The molecule has 2 aliphatic rings. The van der Waals surface area contributed by atoms with E-state index in [1.807, 2.05) is 19.1 Å². The van der Waals surface area contributed by atoms with Gasteiger partial charge in [-0.15, -0.1) is 0 Å². The number of amides is 1. The number of hydrogen-bond donors (Lipinski definition) is 0. The Labute approximate surface area is 165 Å². The maximum Gasteiger partial charge on any atom is 0.409 e. The van der Waals surface area contributed by atoms with Gasteiger partial charge in [0.05, 0.1) is 6.61 Å². The van der Waals surface area contributed by atoms with Gasteiger partial charge in [0.1, 0.15) is 5.75 Å². The molecule has 2 saturated heterocycles. The van der Waals surface area contributed by atoms with Crippen LogP contribution in [0.2, 0.25) is 0 Å². The molecule has 3 rings (SSSR count). The molecule has 0 spiro atoms. The zero-order chi connectivity index (χ0) is 19.9. The molecule has 156 valence electrons. The van der Waals surface area contributed by atoms with Crippen molar-refractivity contribution in [3.8, 4) is 5.75 Å². The first-order valence-corrected chi connectivity index (χ1v) is 9.97. The SMILES string of the molecule is CCOC(=O)N1CCN([C@@H]2CCCN(Cc3ccccc3OC(F)F)C2)CC1. The maximum atomic E-state index is 12.6. The Hall–Kier alpha value is -1.93. The Kier molecular flexibility index (Phi) is 7.44. The lowest BCUT2D eigenvalue weighted by atomic mass is 10.0. The first-order chi connectivity index (χ1) is 13.6. The minimum Gasteiger partial charge on any atom is -0.450 e. The van der Waals surface area contributed by atoms with Gasteiger partial charge in [-0.25, -0.2) is 4.79 Å². The van der Waals surface area contributed by atoms with E-state index in [1.54, 1.807) is 17.0 Å². The predicted molar refractivity (Wildman–Crippen MR) is 102 cm³/mol. The van der Waals surface area contributed by atoms with Crippen molar-refractivity contribution >= 4 is 6.09 Å². The van der Waals surface area contributed by atoms with Gasteiger partial charge in [-0.3, -0.25) is 9.80 Å². The molecule has 1 atom stereocenters. The molecule has 1 amide bonds. The molecule has 0 bridgehead atoms. The summed E-state index contributed by atoms with van der Waals surface area (Å²) in [6, 6.07) is 7.42. The lowest BCUT2D eigenvalue weighted by molar-refractivity contribution is -0.0509. The molecule has 8 heteroatoms. The topological polar surface area (TPSA) is 45.2 Å². The number of carbonyl (C=O) groups excluding carboxylic acids is 1. The van der Waals surface area contributed by atoms with Crippen molar-refractivity contribution < 1.29 is 23.0 Å². The number of alkyl halides is 2. The van der Waals surface area contributed by atoms with Crippen LogP contribution in [-0.2, 0) is 11.3 Å². The van der Waals surface area contributed by atoms with Crippen molar-refractivity contribution in [3.05, 3.63) is 29.8 Å². The van der Waals surface area contributed by atoms with Gasteiger partial charge >= 0.3 is 12.7 Å². The molecule has 2 fully saturated rings. The van der Waals surface area contributed by atoms with Crippen LogP contribution in [0.1, 0.15) is 25.3 Å². The van der Waals surface area contributed by atoms with Crippen molar-refractivity contribution in [1.29, 1.82) is 0 Å². The highest BCUT2D eigenvalue weighted by Gasteiger charge is 2.30. The van der Waals surface area contributed by atoms with Crippen LogP contribution in [0.3, 0.4) is 0 Å². The third-order valence-corrected chi connectivity index (χ3v) is 5.42. The molecule has 2 heterocycles. The highest BCUT2D eigenvalue weighted by Crippen LogP contribution is 2.25. The molecule has 0 aromatic heterocycles. The molecule has 28 heavy (non-hydrogen) atoms. The number of ether oxygens (including phenoxy) is 2. The maximum absolute atomic E-state index is 12.6. The number of rotatable bonds is 6. The zero-order valence-corrected chi connectivity index (χ0v) is 16.4. The highest BCUT2D eigenvalue weighted by atomic mass is 19.3. The van der Waals surface area contributed by atoms with Crippen molar-refractivity contribution in [2.24, 2.45) is 0 Å². The zero-order valence-electron chi connectivity index (χ0n) is 16.4. The van der Waals surface area contributed by atoms with Gasteiger partial charge in [0, 0.05) is 50.9 Å². The van der Waals surface area contributed by atoms with E-state index in [4.69, 9.17) is 4.74 Å². The van der Waals surface area contributed by atoms with E-state index in [1.165, 1.54) is 0 Å². The smallest absolute Gasteiger partial charge is 0.409 e. The summed E-state index contributed by atoms with van der Waals surface area (Å²) in [5.41, 5.74) is 0.788. The van der Waals surface area contributed by atoms with Gasteiger partial charge in [0.25, 0.3) is 0 Å². The summed E-state index contributed by atoms with van der Waals surface area (Å²) in [6.07, 6.45) is 1.95. The molecule has 0 unspecified atom stereocenters. The van der Waals surface area contributed by atoms with Crippen molar-refractivity contribution in [2.75, 3.05) is 45.9 Å². The summed E-state index contributed by atoms with van der Waals surface area (Å²) in [5, 5.41) is 0. The van der Waals surface area contributed by atoms with E-state index in [9.17, 15) is 13.6 Å². The molecule has 0 saturated carbocycles. The molecule has 1 aromatic rings. The van der Waals surface area contributed by atoms with Gasteiger partial charge in [-0.1, -0.05) is 18.2 Å². The number of benzene rings is 1. The summed E-state index contributed by atoms with van der Waals surface area (Å²) >= 11 is 0. The summed E-state index contributed by atoms with van der Waals surface area (Å²) in [4.78, 5) is 18.4. The van der Waals surface area contributed by atoms with E-state index < -0.39 is 6.61 Å². The van der Waals surface area contributed by atoms with Crippen LogP contribution >= 0.6 is 0 Å². The summed E-state index contributed by atoms with van der Waals surface area (Å²) < 4.78 is 35.0. The minimum atomic E-state index is -2.81. The van der Waals surface area contributed by atoms with Crippen LogP contribution in [0.5, 0.6) is 5.75 Å². The van der Waals surface area contributed by atoms with Crippen LogP contribution in [0, 0.1) is 0 Å². The van der Waals surface area contributed by atoms with Gasteiger partial charge < -0.3 is 14.4 Å². The summed E-state index contributed by atoms with van der Waals surface area (Å²) in [6.45, 7) is 4.87. The molecular formula is C20H29F2N3O3. The number of piperazine rings is 1. The quantitative estimate of drug-likeness (QED) is 0.738. The van der Waals surface area contributed by atoms with E-state index >= 15 is 0 Å². The molecule has 0 aliphatic carbocycles. The van der Waals surface area contributed by atoms with Gasteiger partial charge in [-0.2, -0.15) is 8.78 Å². The normalized spacial score (nSPS) is 21.7. The summed E-state index contributed by atoms with van der Waals surface area (Å²) in [7, 11) is 0. The highest BCUT2D eigenvalue weighted by molar-refractivity contribution is 5.67. The first-order valence-electron chi connectivity index (χ1n) is 9.97.